The summed E-state index contributed by atoms with van der Waals surface area (Å²) in [6.45, 7) is 1.51. The second-order valence-corrected chi connectivity index (χ2v) is 8.22. The zero-order chi connectivity index (χ0) is 22.0. The van der Waals surface area contributed by atoms with Crippen LogP contribution in [0.25, 0.3) is 22.2 Å². The molecule has 7 heteroatoms. The lowest BCUT2D eigenvalue weighted by atomic mass is 9.89. The van der Waals surface area contributed by atoms with E-state index in [0.717, 1.165) is 35.4 Å². The topological polar surface area (TPSA) is 71.9 Å². The van der Waals surface area contributed by atoms with Gasteiger partial charge in [-0.25, -0.2) is 8.78 Å². The van der Waals surface area contributed by atoms with Crippen LogP contribution in [-0.2, 0) is 11.2 Å². The van der Waals surface area contributed by atoms with Crippen molar-refractivity contribution < 1.29 is 13.6 Å². The monoisotopic (exact) mass is 422 g/mol. The molecule has 2 heterocycles. The first-order valence-electron chi connectivity index (χ1n) is 10.4. The average molecular weight is 422 g/mol. The van der Waals surface area contributed by atoms with Gasteiger partial charge in [0.1, 0.15) is 17.2 Å². The molecule has 0 unspecified atom stereocenters. The molecule has 31 heavy (non-hydrogen) atoms. The molecule has 5 nitrogen and oxygen atoms in total. The number of hydrogen-bond donors (Lipinski definition) is 2. The zero-order valence-electron chi connectivity index (χ0n) is 17.3. The molecule has 0 atom stereocenters. The van der Waals surface area contributed by atoms with Crippen molar-refractivity contribution in [1.29, 1.82) is 5.26 Å². The minimum Gasteiger partial charge on any atom is -0.354 e. The highest BCUT2D eigenvalue weighted by Gasteiger charge is 2.35. The van der Waals surface area contributed by atoms with Gasteiger partial charge in [0.15, 0.2) is 0 Å². The van der Waals surface area contributed by atoms with Gasteiger partial charge in [-0.3, -0.25) is 4.79 Å². The van der Waals surface area contributed by atoms with Gasteiger partial charge in [0.25, 0.3) is 0 Å². The predicted octanol–water partition coefficient (Wildman–Crippen LogP) is 4.15. The summed E-state index contributed by atoms with van der Waals surface area (Å²) in [4.78, 5) is 18.2. The quantitative estimate of drug-likeness (QED) is 0.649. The van der Waals surface area contributed by atoms with E-state index in [1.54, 1.807) is 18.2 Å². The van der Waals surface area contributed by atoms with Gasteiger partial charge in [0, 0.05) is 36.1 Å². The lowest BCUT2D eigenvalue weighted by molar-refractivity contribution is -0.122. The summed E-state index contributed by atoms with van der Waals surface area (Å²) < 4.78 is 27.3. The SMILES string of the molecule is CN1CCC(C#N)(NC(=O)CCc2c(-c3ccc(F)cc3)[nH]c3ccc(F)cc23)CC1. The molecule has 160 valence electrons. The van der Waals surface area contributed by atoms with E-state index in [1.807, 2.05) is 7.05 Å². The number of aromatic amines is 1. The number of carbonyl (C=O) groups is 1. The summed E-state index contributed by atoms with van der Waals surface area (Å²) in [6, 6.07) is 12.8. The molecule has 1 fully saturated rings. The number of fused-ring (bicyclic) bond motifs is 1. The number of aryl methyl sites for hydroxylation is 1. The van der Waals surface area contributed by atoms with E-state index in [9.17, 15) is 18.8 Å². The normalized spacial score (nSPS) is 16.2. The molecule has 0 bridgehead atoms. The van der Waals surface area contributed by atoms with E-state index in [2.05, 4.69) is 21.3 Å². The number of H-pyrrole nitrogens is 1. The third kappa shape index (κ3) is 4.44. The molecule has 1 amide bonds. The minimum atomic E-state index is -0.838. The molecule has 1 aliphatic rings. The maximum Gasteiger partial charge on any atom is 0.221 e. The van der Waals surface area contributed by atoms with Crippen LogP contribution in [0.1, 0.15) is 24.8 Å². The fraction of sp³-hybridized carbons (Fsp3) is 0.333. The summed E-state index contributed by atoms with van der Waals surface area (Å²) in [7, 11) is 2.00. The molecule has 1 aromatic heterocycles. The van der Waals surface area contributed by atoms with E-state index in [-0.39, 0.29) is 24.0 Å². The molecule has 2 aromatic carbocycles. The number of carbonyl (C=O) groups excluding carboxylic acids is 1. The van der Waals surface area contributed by atoms with Crippen LogP contribution in [0.3, 0.4) is 0 Å². The largest absolute Gasteiger partial charge is 0.354 e. The van der Waals surface area contributed by atoms with Crippen LogP contribution in [0.5, 0.6) is 0 Å². The first-order valence-corrected chi connectivity index (χ1v) is 10.4. The summed E-state index contributed by atoms with van der Waals surface area (Å²) in [5, 5.41) is 13.3. The standard InChI is InChI=1S/C24H24F2N4O/c1-30-12-10-24(15-27,11-13-30)29-22(31)9-7-19-20-14-18(26)6-8-21(20)28-23(19)16-2-4-17(25)5-3-16/h2-6,8,14,28H,7,9-13H2,1H3,(H,29,31). The highest BCUT2D eigenvalue weighted by molar-refractivity contribution is 5.91. The summed E-state index contributed by atoms with van der Waals surface area (Å²) in [5.41, 5.74) is 2.21. The number of piperidine rings is 1. The van der Waals surface area contributed by atoms with Crippen molar-refractivity contribution in [2.45, 2.75) is 31.2 Å². The number of aromatic nitrogens is 1. The Morgan fingerprint density at radius 1 is 1.16 bits per heavy atom. The fourth-order valence-corrected chi connectivity index (χ4v) is 4.18. The van der Waals surface area contributed by atoms with Crippen molar-refractivity contribution in [3.05, 3.63) is 59.7 Å². The smallest absolute Gasteiger partial charge is 0.221 e. The number of amides is 1. The third-order valence-corrected chi connectivity index (χ3v) is 6.04. The van der Waals surface area contributed by atoms with E-state index >= 15 is 0 Å². The van der Waals surface area contributed by atoms with Gasteiger partial charge in [-0.1, -0.05) is 0 Å². The summed E-state index contributed by atoms with van der Waals surface area (Å²) in [6.07, 6.45) is 1.70. The Hall–Kier alpha value is -3.24. The number of nitrogens with zero attached hydrogens (tertiary/aromatic N) is 2. The van der Waals surface area contributed by atoms with Crippen LogP contribution in [-0.4, -0.2) is 41.5 Å². The Kier molecular flexibility index (Phi) is 5.75. The maximum absolute atomic E-state index is 13.9. The van der Waals surface area contributed by atoms with E-state index in [1.165, 1.54) is 24.3 Å². The molecule has 1 saturated heterocycles. The van der Waals surface area contributed by atoms with Gasteiger partial charge < -0.3 is 15.2 Å². The van der Waals surface area contributed by atoms with Crippen molar-refractivity contribution in [3.8, 4) is 17.3 Å². The van der Waals surface area contributed by atoms with Crippen LogP contribution in [0.4, 0.5) is 8.78 Å². The lowest BCUT2D eigenvalue weighted by Gasteiger charge is -2.36. The van der Waals surface area contributed by atoms with E-state index < -0.39 is 5.54 Å². The molecule has 0 aliphatic carbocycles. The Morgan fingerprint density at radius 2 is 1.84 bits per heavy atom. The third-order valence-electron chi connectivity index (χ3n) is 6.04. The second-order valence-electron chi connectivity index (χ2n) is 8.22. The Morgan fingerprint density at radius 3 is 2.52 bits per heavy atom. The highest BCUT2D eigenvalue weighted by Crippen LogP contribution is 2.32. The van der Waals surface area contributed by atoms with Crippen LogP contribution in [0.15, 0.2) is 42.5 Å². The van der Waals surface area contributed by atoms with Gasteiger partial charge in [-0.2, -0.15) is 5.26 Å². The van der Waals surface area contributed by atoms with E-state index in [4.69, 9.17) is 0 Å². The molecule has 0 saturated carbocycles. The van der Waals surface area contributed by atoms with Crippen LogP contribution < -0.4 is 5.32 Å². The number of rotatable bonds is 5. The van der Waals surface area contributed by atoms with Crippen molar-refractivity contribution >= 4 is 16.8 Å². The Bertz CT molecular complexity index is 1140. The van der Waals surface area contributed by atoms with Crippen molar-refractivity contribution in [3.63, 3.8) is 0 Å². The van der Waals surface area contributed by atoms with Crippen molar-refractivity contribution in [1.82, 2.24) is 15.2 Å². The molecule has 1 aliphatic heterocycles. The number of nitriles is 1. The van der Waals surface area contributed by atoms with Crippen molar-refractivity contribution in [2.75, 3.05) is 20.1 Å². The van der Waals surface area contributed by atoms with Crippen molar-refractivity contribution in [2.24, 2.45) is 0 Å². The number of hydrogen-bond acceptors (Lipinski definition) is 3. The molecule has 3 aromatic rings. The molecule has 0 radical (unpaired) electrons. The Labute approximate surface area is 179 Å². The average Bonchev–Trinajstić information content (AvgIpc) is 3.12. The van der Waals surface area contributed by atoms with Gasteiger partial charge >= 0.3 is 0 Å². The second kappa shape index (κ2) is 8.48. The number of nitrogens with one attached hydrogen (secondary N) is 2. The molecular formula is C24H24F2N4O. The summed E-state index contributed by atoms with van der Waals surface area (Å²) in [5.74, 6) is -0.911. The molecule has 2 N–H and O–H groups in total. The van der Waals surface area contributed by atoms with E-state index in [0.29, 0.717) is 24.6 Å². The van der Waals surface area contributed by atoms with Crippen LogP contribution in [0, 0.1) is 23.0 Å². The molecule has 4 rings (SSSR count). The first-order chi connectivity index (χ1) is 14.9. The lowest BCUT2D eigenvalue weighted by Crippen LogP contribution is -2.53. The fourth-order valence-electron chi connectivity index (χ4n) is 4.18. The zero-order valence-corrected chi connectivity index (χ0v) is 17.3. The molecule has 0 spiro atoms. The van der Waals surface area contributed by atoms with Crippen LogP contribution >= 0.6 is 0 Å². The van der Waals surface area contributed by atoms with Gasteiger partial charge in [0.2, 0.25) is 5.91 Å². The van der Waals surface area contributed by atoms with Crippen LogP contribution in [0.2, 0.25) is 0 Å². The number of likely N-dealkylation sites (tertiary alicyclic amines) is 1. The predicted molar refractivity (Wildman–Crippen MR) is 115 cm³/mol. The first kappa shape index (κ1) is 21.0. The highest BCUT2D eigenvalue weighted by atomic mass is 19.1. The van der Waals surface area contributed by atoms with Gasteiger partial charge in [-0.15, -0.1) is 0 Å². The number of halogens is 2. The molecular weight excluding hydrogens is 398 g/mol. The van der Waals surface area contributed by atoms with Gasteiger partial charge in [-0.05, 0) is 79.9 Å². The van der Waals surface area contributed by atoms with Gasteiger partial charge in [0.05, 0.1) is 6.07 Å². The Balaban J connectivity index is 1.58. The number of benzene rings is 2. The maximum atomic E-state index is 13.9. The summed E-state index contributed by atoms with van der Waals surface area (Å²) >= 11 is 0. The minimum absolute atomic E-state index is 0.164.